The van der Waals surface area contributed by atoms with E-state index in [1.165, 1.54) is 24.8 Å². The maximum absolute atomic E-state index is 12.0. The summed E-state index contributed by atoms with van der Waals surface area (Å²) in [7, 11) is 0. The maximum atomic E-state index is 12.0. The molecule has 3 rings (SSSR count). The normalized spacial score (nSPS) is 11.1. The first-order chi connectivity index (χ1) is 16.2. The first kappa shape index (κ1) is 24.4. The van der Waals surface area contributed by atoms with Crippen LogP contribution in [0.15, 0.2) is 73.1 Å². The highest BCUT2D eigenvalue weighted by Gasteiger charge is 2.07. The molecule has 0 N–H and O–H groups in total. The van der Waals surface area contributed by atoms with Gasteiger partial charge in [-0.05, 0) is 61.1 Å². The lowest BCUT2D eigenvalue weighted by Crippen LogP contribution is -2.06. The number of unbranched alkanes of at least 4 members (excludes halogenated alkanes) is 3. The highest BCUT2D eigenvalue weighted by molar-refractivity contribution is 5.73. The van der Waals surface area contributed by atoms with Crippen molar-refractivity contribution in [3.8, 4) is 28.3 Å². The van der Waals surface area contributed by atoms with Crippen LogP contribution in [0.1, 0.15) is 64.4 Å². The number of aryl methyl sites for hydroxylation is 1. The molecular formula is C29H34N2O2. The van der Waals surface area contributed by atoms with Gasteiger partial charge in [-0.25, -0.2) is 9.97 Å². The zero-order chi connectivity index (χ0) is 23.3. The van der Waals surface area contributed by atoms with E-state index in [0.29, 0.717) is 24.4 Å². The summed E-state index contributed by atoms with van der Waals surface area (Å²) < 4.78 is 5.42. The number of hydrogen-bond donors (Lipinski definition) is 0. The fourth-order valence-electron chi connectivity index (χ4n) is 3.53. The Morgan fingerprint density at radius 1 is 0.788 bits per heavy atom. The number of allylic oxidation sites excluding steroid dienone is 2. The molecule has 172 valence electrons. The van der Waals surface area contributed by atoms with E-state index in [9.17, 15) is 4.79 Å². The minimum absolute atomic E-state index is 0.221. The number of benzene rings is 2. The number of aromatic nitrogens is 2. The Labute approximate surface area is 197 Å². The van der Waals surface area contributed by atoms with Gasteiger partial charge in [0.15, 0.2) is 5.82 Å². The van der Waals surface area contributed by atoms with Gasteiger partial charge in [-0.2, -0.15) is 0 Å². The summed E-state index contributed by atoms with van der Waals surface area (Å²) in [4.78, 5) is 21.1. The van der Waals surface area contributed by atoms with E-state index in [0.717, 1.165) is 36.0 Å². The van der Waals surface area contributed by atoms with E-state index in [-0.39, 0.29) is 5.97 Å². The zero-order valence-corrected chi connectivity index (χ0v) is 19.8. The summed E-state index contributed by atoms with van der Waals surface area (Å²) in [5.74, 6) is 0.965. The summed E-state index contributed by atoms with van der Waals surface area (Å²) >= 11 is 0. The number of hydrogen-bond acceptors (Lipinski definition) is 4. The molecule has 33 heavy (non-hydrogen) atoms. The quantitative estimate of drug-likeness (QED) is 0.125. The second-order valence-corrected chi connectivity index (χ2v) is 8.25. The molecule has 0 aliphatic carbocycles. The number of ether oxygens (including phenoxy) is 1. The second-order valence-electron chi connectivity index (χ2n) is 8.25. The van der Waals surface area contributed by atoms with Crippen LogP contribution in [0, 0.1) is 0 Å². The molecule has 1 heterocycles. The molecule has 3 aromatic rings. The molecule has 4 nitrogen and oxygen atoms in total. The molecule has 0 saturated carbocycles. The van der Waals surface area contributed by atoms with Crippen LogP contribution in [0.4, 0.5) is 0 Å². The predicted molar refractivity (Wildman–Crippen MR) is 135 cm³/mol. The van der Waals surface area contributed by atoms with Crippen molar-refractivity contribution in [1.29, 1.82) is 0 Å². The molecule has 2 aromatic carbocycles. The summed E-state index contributed by atoms with van der Waals surface area (Å²) in [6, 6.07) is 16.0. The fraction of sp³-hybridized carbons (Fsp3) is 0.345. The van der Waals surface area contributed by atoms with Crippen molar-refractivity contribution < 1.29 is 9.53 Å². The molecule has 1 aromatic heterocycles. The highest BCUT2D eigenvalue weighted by Crippen LogP contribution is 2.23. The van der Waals surface area contributed by atoms with E-state index < -0.39 is 0 Å². The standard InChI is InChI=1S/C29H34N2O2/c1-3-5-7-8-10-12-28(32)33-27-19-17-25(18-20-27)29-30-21-26(22-31-29)24-15-13-23(14-16-24)11-9-6-4-2/h7-8,13-22H,3-6,9-12H2,1-2H3/b8-7+. The monoisotopic (exact) mass is 442 g/mol. The minimum atomic E-state index is -0.221. The van der Waals surface area contributed by atoms with Gasteiger partial charge in [0.2, 0.25) is 0 Å². The Bertz CT molecular complexity index is 1010. The van der Waals surface area contributed by atoms with E-state index in [1.54, 1.807) is 12.1 Å². The third kappa shape index (κ3) is 7.98. The maximum Gasteiger partial charge on any atom is 0.311 e. The van der Waals surface area contributed by atoms with Gasteiger partial charge in [0.05, 0.1) is 0 Å². The lowest BCUT2D eigenvalue weighted by atomic mass is 10.0. The van der Waals surface area contributed by atoms with Gasteiger partial charge in [-0.3, -0.25) is 4.79 Å². The molecular weight excluding hydrogens is 408 g/mol. The summed E-state index contributed by atoms with van der Waals surface area (Å²) in [5, 5.41) is 0. The Hall–Kier alpha value is -3.27. The van der Waals surface area contributed by atoms with E-state index in [2.05, 4.69) is 54.2 Å². The number of carbonyl (C=O) groups excluding carboxylic acids is 1. The highest BCUT2D eigenvalue weighted by atomic mass is 16.5. The van der Waals surface area contributed by atoms with Gasteiger partial charge >= 0.3 is 5.97 Å². The van der Waals surface area contributed by atoms with Gasteiger partial charge in [0, 0.05) is 29.9 Å². The average Bonchev–Trinajstić information content (AvgIpc) is 2.85. The van der Waals surface area contributed by atoms with Crippen molar-refractivity contribution in [2.75, 3.05) is 0 Å². The van der Waals surface area contributed by atoms with Crippen LogP contribution in [0.5, 0.6) is 5.75 Å². The molecule has 0 aliphatic rings. The van der Waals surface area contributed by atoms with Crippen molar-refractivity contribution >= 4 is 5.97 Å². The molecule has 4 heteroatoms. The zero-order valence-electron chi connectivity index (χ0n) is 19.8. The summed E-state index contributed by atoms with van der Waals surface area (Å²) in [6.45, 7) is 4.36. The summed E-state index contributed by atoms with van der Waals surface area (Å²) in [6.07, 6.45) is 16.0. The fourth-order valence-corrected chi connectivity index (χ4v) is 3.53. The van der Waals surface area contributed by atoms with Gasteiger partial charge in [0.25, 0.3) is 0 Å². The number of carbonyl (C=O) groups is 1. The molecule has 0 unspecified atom stereocenters. The summed E-state index contributed by atoms with van der Waals surface area (Å²) in [5.41, 5.74) is 4.37. The Morgan fingerprint density at radius 3 is 2.12 bits per heavy atom. The third-order valence-corrected chi connectivity index (χ3v) is 5.49. The van der Waals surface area contributed by atoms with Crippen LogP contribution in [0.2, 0.25) is 0 Å². The van der Waals surface area contributed by atoms with E-state index >= 15 is 0 Å². The number of nitrogens with zero attached hydrogens (tertiary/aromatic N) is 2. The van der Waals surface area contributed by atoms with E-state index in [4.69, 9.17) is 4.74 Å². The van der Waals surface area contributed by atoms with Crippen LogP contribution >= 0.6 is 0 Å². The first-order valence-corrected chi connectivity index (χ1v) is 12.1. The van der Waals surface area contributed by atoms with Crippen molar-refractivity contribution in [3.63, 3.8) is 0 Å². The third-order valence-electron chi connectivity index (χ3n) is 5.49. The molecule has 0 radical (unpaired) electrons. The van der Waals surface area contributed by atoms with Gasteiger partial charge in [0.1, 0.15) is 5.75 Å². The molecule has 0 bridgehead atoms. The van der Waals surface area contributed by atoms with Crippen molar-refractivity contribution in [1.82, 2.24) is 9.97 Å². The van der Waals surface area contributed by atoms with Crippen molar-refractivity contribution in [2.24, 2.45) is 0 Å². The average molecular weight is 443 g/mol. The smallest absolute Gasteiger partial charge is 0.311 e. The topological polar surface area (TPSA) is 52.1 Å². The van der Waals surface area contributed by atoms with Crippen LogP contribution in [0.25, 0.3) is 22.5 Å². The molecule has 0 fully saturated rings. The number of rotatable bonds is 12. The number of esters is 1. The Kier molecular flexibility index (Phi) is 9.84. The minimum Gasteiger partial charge on any atom is -0.427 e. The van der Waals surface area contributed by atoms with Crippen LogP contribution < -0.4 is 4.74 Å². The van der Waals surface area contributed by atoms with Gasteiger partial charge < -0.3 is 4.74 Å². The second kappa shape index (κ2) is 13.3. The van der Waals surface area contributed by atoms with Crippen LogP contribution in [-0.2, 0) is 11.2 Å². The first-order valence-electron chi connectivity index (χ1n) is 12.1. The van der Waals surface area contributed by atoms with Gasteiger partial charge in [-0.15, -0.1) is 0 Å². The Morgan fingerprint density at radius 2 is 1.45 bits per heavy atom. The molecule has 0 amide bonds. The molecule has 0 saturated heterocycles. The van der Waals surface area contributed by atoms with Crippen LogP contribution in [-0.4, -0.2) is 15.9 Å². The lowest BCUT2D eigenvalue weighted by molar-refractivity contribution is -0.134. The largest absolute Gasteiger partial charge is 0.427 e. The SMILES string of the molecule is CCC/C=C/CCC(=O)Oc1ccc(-c2ncc(-c3ccc(CCCCC)cc3)cn2)cc1. The van der Waals surface area contributed by atoms with Crippen LogP contribution in [0.3, 0.4) is 0 Å². The van der Waals surface area contributed by atoms with Crippen molar-refractivity contribution in [2.45, 2.75) is 65.2 Å². The predicted octanol–water partition coefficient (Wildman–Crippen LogP) is 7.59. The Balaban J connectivity index is 1.54. The molecule has 0 atom stereocenters. The van der Waals surface area contributed by atoms with E-state index in [1.807, 2.05) is 30.6 Å². The molecule has 0 aliphatic heterocycles. The van der Waals surface area contributed by atoms with Crippen molar-refractivity contribution in [3.05, 3.63) is 78.6 Å². The van der Waals surface area contributed by atoms with Gasteiger partial charge in [-0.1, -0.05) is 69.5 Å². The lowest BCUT2D eigenvalue weighted by Gasteiger charge is -2.07. The molecule has 0 spiro atoms.